The van der Waals surface area contributed by atoms with E-state index in [0.29, 0.717) is 30.6 Å². The fraction of sp³-hybridized carbons (Fsp3) is 0.531. The molecule has 4 unspecified atom stereocenters. The second kappa shape index (κ2) is 16.9. The molecule has 0 aliphatic carbocycles. The first-order chi connectivity index (χ1) is 19.9. The lowest BCUT2D eigenvalue weighted by atomic mass is 9.97. The Morgan fingerprint density at radius 3 is 2.07 bits per heavy atom. The number of nitrogens with one attached hydrogen (secondary N) is 2. The maximum Gasteiger partial charge on any atom is 0.253 e. The van der Waals surface area contributed by atoms with Gasteiger partial charge in [0.05, 0.1) is 12.1 Å². The van der Waals surface area contributed by atoms with Crippen molar-refractivity contribution in [2.75, 3.05) is 19.6 Å². The highest BCUT2D eigenvalue weighted by Gasteiger charge is 2.26. The number of hydrogen-bond donors (Lipinski definition) is 4. The Balaban J connectivity index is 2.26. The zero-order valence-corrected chi connectivity index (χ0v) is 25.3. The predicted molar refractivity (Wildman–Crippen MR) is 158 cm³/mol. The van der Waals surface area contributed by atoms with Crippen molar-refractivity contribution < 1.29 is 33.4 Å². The molecule has 10 heteroatoms. The normalized spacial score (nSPS) is 14.0. The van der Waals surface area contributed by atoms with Crippen LogP contribution in [0.2, 0.25) is 0 Å². The average molecular weight is 590 g/mol. The van der Waals surface area contributed by atoms with Gasteiger partial charge in [0.15, 0.2) is 0 Å². The molecule has 0 aliphatic heterocycles. The van der Waals surface area contributed by atoms with E-state index in [1.54, 1.807) is 30.9 Å². The van der Waals surface area contributed by atoms with Gasteiger partial charge in [-0.25, -0.2) is 8.78 Å². The predicted octanol–water partition coefficient (Wildman–Crippen LogP) is 4.15. The summed E-state index contributed by atoms with van der Waals surface area (Å²) in [5.41, 5.74) is 1.50. The van der Waals surface area contributed by atoms with Gasteiger partial charge in [-0.1, -0.05) is 34.1 Å². The maximum atomic E-state index is 13.9. The van der Waals surface area contributed by atoms with Crippen LogP contribution in [0.25, 0.3) is 0 Å². The number of rotatable bonds is 16. The minimum atomic E-state index is -1.21. The van der Waals surface area contributed by atoms with Crippen LogP contribution in [0, 0.1) is 24.5 Å². The molecule has 0 fully saturated rings. The number of carbonyl (C=O) groups excluding carboxylic acids is 3. The number of carbonyl (C=O) groups is 3. The lowest BCUT2D eigenvalue weighted by Gasteiger charge is -2.26. The van der Waals surface area contributed by atoms with E-state index < -0.39 is 41.7 Å². The summed E-state index contributed by atoms with van der Waals surface area (Å²) in [5.74, 6) is -3.14. The first-order valence-corrected chi connectivity index (χ1v) is 14.7. The van der Waals surface area contributed by atoms with E-state index >= 15 is 0 Å². The van der Waals surface area contributed by atoms with Gasteiger partial charge in [-0.05, 0) is 80.0 Å². The van der Waals surface area contributed by atoms with Crippen LogP contribution >= 0.6 is 0 Å². The van der Waals surface area contributed by atoms with Crippen molar-refractivity contribution >= 4 is 17.7 Å². The lowest BCUT2D eigenvalue weighted by molar-refractivity contribution is -0.131. The Labute approximate surface area is 247 Å². The molecule has 0 saturated heterocycles. The van der Waals surface area contributed by atoms with Gasteiger partial charge >= 0.3 is 0 Å². The Morgan fingerprint density at radius 2 is 1.50 bits per heavy atom. The van der Waals surface area contributed by atoms with Crippen molar-refractivity contribution in [3.8, 4) is 0 Å². The highest BCUT2D eigenvalue weighted by atomic mass is 19.1. The first-order valence-electron chi connectivity index (χ1n) is 14.7. The number of halogens is 2. The van der Waals surface area contributed by atoms with Crippen LogP contribution in [0.15, 0.2) is 36.4 Å². The number of aliphatic hydroxyl groups is 2. The van der Waals surface area contributed by atoms with Crippen molar-refractivity contribution in [2.45, 2.75) is 85.0 Å². The smallest absolute Gasteiger partial charge is 0.253 e. The summed E-state index contributed by atoms with van der Waals surface area (Å²) in [4.78, 5) is 40.6. The molecule has 0 aliphatic rings. The monoisotopic (exact) mass is 589 g/mol. The summed E-state index contributed by atoms with van der Waals surface area (Å²) in [7, 11) is 0. The van der Waals surface area contributed by atoms with Crippen molar-refractivity contribution in [1.29, 1.82) is 0 Å². The van der Waals surface area contributed by atoms with Crippen LogP contribution in [0.4, 0.5) is 8.78 Å². The van der Waals surface area contributed by atoms with Crippen LogP contribution in [-0.4, -0.2) is 70.7 Å². The van der Waals surface area contributed by atoms with Crippen LogP contribution in [0.1, 0.15) is 85.2 Å². The third kappa shape index (κ3) is 10.5. The summed E-state index contributed by atoms with van der Waals surface area (Å²) in [6.07, 6.45) is -0.300. The summed E-state index contributed by atoms with van der Waals surface area (Å²) in [6, 6.07) is 6.85. The Hall–Kier alpha value is -3.37. The van der Waals surface area contributed by atoms with Crippen molar-refractivity contribution in [3.63, 3.8) is 0 Å². The minimum Gasteiger partial charge on any atom is -0.391 e. The molecule has 42 heavy (non-hydrogen) atoms. The molecule has 2 aromatic carbocycles. The lowest BCUT2D eigenvalue weighted by Crippen LogP contribution is -2.47. The van der Waals surface area contributed by atoms with Gasteiger partial charge in [-0.2, -0.15) is 0 Å². The molecule has 2 rings (SSSR count). The third-order valence-corrected chi connectivity index (χ3v) is 7.21. The molecular weight excluding hydrogens is 544 g/mol. The van der Waals surface area contributed by atoms with E-state index in [2.05, 4.69) is 10.6 Å². The van der Waals surface area contributed by atoms with E-state index in [4.69, 9.17) is 0 Å². The van der Waals surface area contributed by atoms with Gasteiger partial charge in [0.2, 0.25) is 5.91 Å². The largest absolute Gasteiger partial charge is 0.391 e. The highest BCUT2D eigenvalue weighted by Crippen LogP contribution is 2.17. The van der Waals surface area contributed by atoms with E-state index in [9.17, 15) is 33.4 Å². The topological polar surface area (TPSA) is 119 Å². The SMILES string of the molecule is CCCN(CCC)C(=O)c1cc(C)cc(C(=O)NC(Cc2cc(F)cc(F)c2)C(O)CCNC(=O)C(O)C(C)CC)c1. The fourth-order valence-electron chi connectivity index (χ4n) is 4.72. The van der Waals surface area contributed by atoms with E-state index in [-0.39, 0.29) is 42.3 Å². The molecule has 2 aromatic rings. The van der Waals surface area contributed by atoms with E-state index in [1.807, 2.05) is 20.8 Å². The number of aryl methyl sites for hydroxylation is 1. The first kappa shape index (κ1) is 34.8. The van der Waals surface area contributed by atoms with Gasteiger partial charge in [-0.3, -0.25) is 14.4 Å². The molecule has 0 heterocycles. The third-order valence-electron chi connectivity index (χ3n) is 7.21. The van der Waals surface area contributed by atoms with Crippen molar-refractivity contribution in [1.82, 2.24) is 15.5 Å². The van der Waals surface area contributed by atoms with Crippen LogP contribution in [0.3, 0.4) is 0 Å². The Bertz CT molecular complexity index is 1180. The molecule has 0 saturated carbocycles. The number of aliphatic hydroxyl groups excluding tert-OH is 2. The molecule has 0 aromatic heterocycles. The summed E-state index contributed by atoms with van der Waals surface area (Å²) >= 11 is 0. The second-order valence-corrected chi connectivity index (χ2v) is 10.9. The summed E-state index contributed by atoms with van der Waals surface area (Å²) in [6.45, 7) is 10.5. The molecule has 0 bridgehead atoms. The van der Waals surface area contributed by atoms with Gasteiger partial charge < -0.3 is 25.7 Å². The van der Waals surface area contributed by atoms with Crippen LogP contribution < -0.4 is 10.6 Å². The Morgan fingerprint density at radius 1 is 0.905 bits per heavy atom. The van der Waals surface area contributed by atoms with Crippen LogP contribution in [0.5, 0.6) is 0 Å². The highest BCUT2D eigenvalue weighted by molar-refractivity contribution is 6.00. The number of benzene rings is 2. The van der Waals surface area contributed by atoms with Gasteiger partial charge in [0, 0.05) is 36.8 Å². The molecule has 8 nitrogen and oxygen atoms in total. The summed E-state index contributed by atoms with van der Waals surface area (Å²) < 4.78 is 27.8. The van der Waals surface area contributed by atoms with Gasteiger partial charge in [-0.15, -0.1) is 0 Å². The van der Waals surface area contributed by atoms with Crippen molar-refractivity contribution in [3.05, 3.63) is 70.3 Å². The van der Waals surface area contributed by atoms with Gasteiger partial charge in [0.25, 0.3) is 11.8 Å². The zero-order chi connectivity index (χ0) is 31.4. The van der Waals surface area contributed by atoms with Crippen LogP contribution in [-0.2, 0) is 11.2 Å². The van der Waals surface area contributed by atoms with Gasteiger partial charge in [0.1, 0.15) is 17.7 Å². The second-order valence-electron chi connectivity index (χ2n) is 10.9. The number of nitrogens with zero attached hydrogens (tertiary/aromatic N) is 1. The minimum absolute atomic E-state index is 0.00224. The maximum absolute atomic E-state index is 13.9. The Kier molecular flexibility index (Phi) is 14.0. The van der Waals surface area contributed by atoms with E-state index in [0.717, 1.165) is 31.0 Å². The standard InChI is InChI=1S/C32H45F2N3O5/c1-6-11-37(12-7-2)32(42)24-14-20(4)13-23(18-24)30(40)36-27(17-22-15-25(33)19-26(34)16-22)28(38)9-10-35-31(41)29(39)21(5)8-3/h13-16,18-19,21,27-29,38-39H,6-12,17H2,1-5H3,(H,35,41)(H,36,40). The van der Waals surface area contributed by atoms with E-state index in [1.165, 1.54) is 6.07 Å². The molecule has 232 valence electrons. The number of amides is 3. The molecule has 3 amide bonds. The summed E-state index contributed by atoms with van der Waals surface area (Å²) in [5, 5.41) is 26.5. The molecular formula is C32H45F2N3O5. The van der Waals surface area contributed by atoms with Crippen molar-refractivity contribution in [2.24, 2.45) is 5.92 Å². The average Bonchev–Trinajstić information content (AvgIpc) is 2.94. The molecule has 4 N–H and O–H groups in total. The molecule has 0 radical (unpaired) electrons. The number of hydrogen-bond acceptors (Lipinski definition) is 5. The zero-order valence-electron chi connectivity index (χ0n) is 25.3. The molecule has 4 atom stereocenters. The quantitative estimate of drug-likeness (QED) is 0.235. The molecule has 0 spiro atoms. The fourth-order valence-corrected chi connectivity index (χ4v) is 4.72.